The molecule has 4 nitrogen and oxygen atoms in total. The van der Waals surface area contributed by atoms with E-state index in [0.29, 0.717) is 13.0 Å². The van der Waals surface area contributed by atoms with Crippen LogP contribution in [0.25, 0.3) is 0 Å². The monoisotopic (exact) mass is 250 g/mol. The van der Waals surface area contributed by atoms with Crippen molar-refractivity contribution in [3.8, 4) is 5.75 Å². The molecule has 0 aromatic heterocycles. The molecule has 1 rings (SSSR count). The number of amides is 1. The zero-order valence-corrected chi connectivity index (χ0v) is 11.6. The van der Waals surface area contributed by atoms with Crippen LogP contribution in [0.3, 0.4) is 0 Å². The van der Waals surface area contributed by atoms with Gasteiger partial charge < -0.3 is 15.4 Å². The van der Waals surface area contributed by atoms with Crippen LogP contribution < -0.4 is 10.5 Å². The minimum absolute atomic E-state index is 0.0540. The maximum atomic E-state index is 11.9. The molecule has 0 radical (unpaired) electrons. The first-order chi connectivity index (χ1) is 8.31. The average molecular weight is 250 g/mol. The first-order valence-electron chi connectivity index (χ1n) is 5.97. The number of hydrogen-bond acceptors (Lipinski definition) is 3. The Morgan fingerprint density at radius 1 is 1.33 bits per heavy atom. The summed E-state index contributed by atoms with van der Waals surface area (Å²) in [5.41, 5.74) is 6.45. The van der Waals surface area contributed by atoms with E-state index in [1.54, 1.807) is 19.1 Å². The summed E-state index contributed by atoms with van der Waals surface area (Å²) in [5.74, 6) is 0.870. The molecule has 1 aromatic rings. The number of benzene rings is 1. The van der Waals surface area contributed by atoms with Crippen molar-refractivity contribution in [1.82, 2.24) is 4.90 Å². The van der Waals surface area contributed by atoms with Gasteiger partial charge in [0.2, 0.25) is 5.91 Å². The van der Waals surface area contributed by atoms with E-state index in [1.807, 2.05) is 38.1 Å². The minimum atomic E-state index is -0.467. The number of methoxy groups -OCH3 is 1. The molecule has 1 aromatic carbocycles. The SMILES string of the molecule is COc1ccc(CN(C)C(=O)CC(C)(C)N)cc1. The lowest BCUT2D eigenvalue weighted by molar-refractivity contribution is -0.131. The normalized spacial score (nSPS) is 11.2. The molecule has 0 saturated heterocycles. The van der Waals surface area contributed by atoms with E-state index < -0.39 is 5.54 Å². The average Bonchev–Trinajstić information content (AvgIpc) is 2.27. The van der Waals surface area contributed by atoms with Gasteiger partial charge in [-0.1, -0.05) is 12.1 Å². The molecule has 0 aliphatic rings. The summed E-state index contributed by atoms with van der Waals surface area (Å²) >= 11 is 0. The van der Waals surface area contributed by atoms with Gasteiger partial charge in [-0.3, -0.25) is 4.79 Å². The Hall–Kier alpha value is -1.55. The molecule has 0 atom stereocenters. The Morgan fingerprint density at radius 2 is 1.89 bits per heavy atom. The van der Waals surface area contributed by atoms with Gasteiger partial charge in [-0.15, -0.1) is 0 Å². The van der Waals surface area contributed by atoms with Gasteiger partial charge in [-0.2, -0.15) is 0 Å². The van der Waals surface area contributed by atoms with Crippen LogP contribution in [0.1, 0.15) is 25.8 Å². The molecule has 0 spiro atoms. The lowest BCUT2D eigenvalue weighted by Gasteiger charge is -2.23. The van der Waals surface area contributed by atoms with Gasteiger partial charge in [-0.25, -0.2) is 0 Å². The number of ether oxygens (including phenoxy) is 1. The van der Waals surface area contributed by atoms with Crippen molar-refractivity contribution in [2.24, 2.45) is 5.73 Å². The molecule has 4 heteroatoms. The Labute approximate surface area is 109 Å². The number of rotatable bonds is 5. The van der Waals surface area contributed by atoms with Crippen LogP contribution in [-0.2, 0) is 11.3 Å². The highest BCUT2D eigenvalue weighted by Gasteiger charge is 2.19. The van der Waals surface area contributed by atoms with E-state index >= 15 is 0 Å². The van der Waals surface area contributed by atoms with Gasteiger partial charge in [0.25, 0.3) is 0 Å². The first kappa shape index (κ1) is 14.5. The van der Waals surface area contributed by atoms with Crippen molar-refractivity contribution in [1.29, 1.82) is 0 Å². The largest absolute Gasteiger partial charge is 0.497 e. The lowest BCUT2D eigenvalue weighted by atomic mass is 10.0. The van der Waals surface area contributed by atoms with Crippen molar-refractivity contribution >= 4 is 5.91 Å². The van der Waals surface area contributed by atoms with Gasteiger partial charge in [0.15, 0.2) is 0 Å². The van der Waals surface area contributed by atoms with Gasteiger partial charge in [0.05, 0.1) is 7.11 Å². The minimum Gasteiger partial charge on any atom is -0.497 e. The van der Waals surface area contributed by atoms with E-state index in [0.717, 1.165) is 11.3 Å². The fourth-order valence-electron chi connectivity index (χ4n) is 1.62. The molecule has 0 aliphatic carbocycles. The van der Waals surface area contributed by atoms with Crippen LogP contribution in [0.15, 0.2) is 24.3 Å². The van der Waals surface area contributed by atoms with E-state index in [2.05, 4.69) is 0 Å². The quantitative estimate of drug-likeness (QED) is 0.866. The second-order valence-electron chi connectivity index (χ2n) is 5.26. The van der Waals surface area contributed by atoms with Gasteiger partial charge in [-0.05, 0) is 31.5 Å². The predicted octanol–water partition coefficient (Wildman–Crippen LogP) is 1.78. The van der Waals surface area contributed by atoms with Crippen LogP contribution in [0.5, 0.6) is 5.75 Å². The second kappa shape index (κ2) is 5.87. The Kier molecular flexibility index (Phi) is 4.73. The molecular weight excluding hydrogens is 228 g/mol. The third kappa shape index (κ3) is 4.75. The summed E-state index contributed by atoms with van der Waals surface area (Å²) in [6.07, 6.45) is 0.347. The van der Waals surface area contributed by atoms with Gasteiger partial charge in [0.1, 0.15) is 5.75 Å². The highest BCUT2D eigenvalue weighted by atomic mass is 16.5. The van der Waals surface area contributed by atoms with Crippen molar-refractivity contribution in [3.05, 3.63) is 29.8 Å². The highest BCUT2D eigenvalue weighted by Crippen LogP contribution is 2.14. The molecule has 0 unspecified atom stereocenters. The summed E-state index contributed by atoms with van der Waals surface area (Å²) < 4.78 is 5.09. The van der Waals surface area contributed by atoms with Crippen molar-refractivity contribution in [2.45, 2.75) is 32.4 Å². The number of nitrogens with two attached hydrogens (primary N) is 1. The zero-order chi connectivity index (χ0) is 13.8. The van der Waals surface area contributed by atoms with E-state index in [1.165, 1.54) is 0 Å². The van der Waals surface area contributed by atoms with Crippen molar-refractivity contribution in [2.75, 3.05) is 14.2 Å². The fraction of sp³-hybridized carbons (Fsp3) is 0.500. The number of carbonyl (C=O) groups excluding carboxylic acids is 1. The van der Waals surface area contributed by atoms with Crippen molar-refractivity contribution in [3.63, 3.8) is 0 Å². The van der Waals surface area contributed by atoms with E-state index in [-0.39, 0.29) is 5.91 Å². The molecule has 0 bridgehead atoms. The Balaban J connectivity index is 2.58. The molecule has 0 fully saturated rings. The van der Waals surface area contributed by atoms with Crippen LogP contribution in [0.4, 0.5) is 0 Å². The summed E-state index contributed by atoms with van der Waals surface area (Å²) in [7, 11) is 3.42. The number of nitrogens with zero attached hydrogens (tertiary/aromatic N) is 1. The molecule has 2 N–H and O–H groups in total. The summed E-state index contributed by atoms with van der Waals surface area (Å²) in [6, 6.07) is 7.69. The molecule has 18 heavy (non-hydrogen) atoms. The Morgan fingerprint density at radius 3 is 2.33 bits per heavy atom. The smallest absolute Gasteiger partial charge is 0.224 e. The van der Waals surface area contributed by atoms with Crippen LogP contribution in [0.2, 0.25) is 0 Å². The molecule has 1 amide bonds. The van der Waals surface area contributed by atoms with Crippen LogP contribution in [0, 0.1) is 0 Å². The van der Waals surface area contributed by atoms with Gasteiger partial charge >= 0.3 is 0 Å². The molecule has 0 heterocycles. The highest BCUT2D eigenvalue weighted by molar-refractivity contribution is 5.77. The molecule has 0 saturated carbocycles. The van der Waals surface area contributed by atoms with Crippen LogP contribution >= 0.6 is 0 Å². The first-order valence-corrected chi connectivity index (χ1v) is 5.97. The predicted molar refractivity (Wildman–Crippen MR) is 72.4 cm³/mol. The number of carbonyl (C=O) groups is 1. The van der Waals surface area contributed by atoms with Crippen molar-refractivity contribution < 1.29 is 9.53 Å². The lowest BCUT2D eigenvalue weighted by Crippen LogP contribution is -2.39. The van der Waals surface area contributed by atoms with Crippen LogP contribution in [-0.4, -0.2) is 30.5 Å². The summed E-state index contributed by atoms with van der Waals surface area (Å²) in [6.45, 7) is 4.29. The summed E-state index contributed by atoms with van der Waals surface area (Å²) in [5, 5.41) is 0. The third-order valence-corrected chi connectivity index (χ3v) is 2.61. The van der Waals surface area contributed by atoms with E-state index in [4.69, 9.17) is 10.5 Å². The standard InChI is InChI=1S/C14H22N2O2/c1-14(2,15)9-13(17)16(3)10-11-5-7-12(18-4)8-6-11/h5-8H,9-10,15H2,1-4H3. The number of hydrogen-bond donors (Lipinski definition) is 1. The topological polar surface area (TPSA) is 55.6 Å². The fourth-order valence-corrected chi connectivity index (χ4v) is 1.62. The maximum absolute atomic E-state index is 11.9. The van der Waals surface area contributed by atoms with E-state index in [9.17, 15) is 4.79 Å². The maximum Gasteiger partial charge on any atom is 0.224 e. The molecule has 100 valence electrons. The van der Waals surface area contributed by atoms with Gasteiger partial charge in [0, 0.05) is 25.6 Å². The molecule has 0 aliphatic heterocycles. The Bertz CT molecular complexity index is 393. The summed E-state index contributed by atoms with van der Waals surface area (Å²) in [4.78, 5) is 13.6. The second-order valence-corrected chi connectivity index (χ2v) is 5.26. The third-order valence-electron chi connectivity index (χ3n) is 2.61. The molecular formula is C14H22N2O2. The zero-order valence-electron chi connectivity index (χ0n) is 11.6.